The lowest BCUT2D eigenvalue weighted by Gasteiger charge is -2.62. The molecular formula is C32H41N3O14. The molecule has 7 N–H and O–H groups in total. The minimum atomic E-state index is -1.79. The molecule has 2 amide bonds. The third-order valence-electron chi connectivity index (χ3n) is 9.44. The molecule has 5 rings (SSSR count). The molecule has 0 saturated carbocycles. The van der Waals surface area contributed by atoms with E-state index in [0.717, 1.165) is 5.56 Å². The van der Waals surface area contributed by atoms with Crippen molar-refractivity contribution in [1.82, 2.24) is 15.5 Å². The summed E-state index contributed by atoms with van der Waals surface area (Å²) in [4.78, 5) is 74.0. The van der Waals surface area contributed by atoms with Crippen molar-refractivity contribution < 1.29 is 68.5 Å². The lowest BCUT2D eigenvalue weighted by atomic mass is 9.50. The minimum absolute atomic E-state index is 0. The molecule has 6 atom stereocenters. The van der Waals surface area contributed by atoms with Gasteiger partial charge in [-0.25, -0.2) is 0 Å². The number of phenols is 1. The van der Waals surface area contributed by atoms with Gasteiger partial charge in [-0.15, -0.1) is 0 Å². The Balaban J connectivity index is 0.00000541. The maximum atomic E-state index is 13.4. The number of esters is 2. The molecule has 2 aliphatic carbocycles. The van der Waals surface area contributed by atoms with E-state index >= 15 is 0 Å². The number of likely N-dealkylation sites (tertiary alicyclic amines) is 1. The van der Waals surface area contributed by atoms with Crippen LogP contribution in [0, 0.1) is 0 Å². The van der Waals surface area contributed by atoms with Gasteiger partial charge in [0.05, 0.1) is 37.1 Å². The normalized spacial score (nSPS) is 25.6. The van der Waals surface area contributed by atoms with Crippen LogP contribution in [0.5, 0.6) is 11.5 Å². The van der Waals surface area contributed by atoms with Crippen LogP contribution in [-0.2, 0) is 50.1 Å². The van der Waals surface area contributed by atoms with E-state index in [2.05, 4.69) is 15.5 Å². The van der Waals surface area contributed by atoms with Crippen molar-refractivity contribution in [3.63, 3.8) is 0 Å². The van der Waals surface area contributed by atoms with Gasteiger partial charge in [0.1, 0.15) is 23.6 Å². The number of phenolic OH excluding ortho intramolecular Hbond substituents is 1. The Bertz CT molecular complexity index is 1560. The molecule has 1 fully saturated rings. The Kier molecular flexibility index (Phi) is 10.9. The standard InChI is InChI=1S/C31H37N3O14.CH4/c1-34-11-8-30-25-15-2-3-16(35)26(25)47-27(30)19(46-23(42)5-9-32-28(44)17(36)13-21(38)39)4-7-31(30,20(34)12-15)48-24(43)6-10-33-29(45)18(37)14-22(40)41;/h2-4,17-18,20,27,35-37H,5-14H2,1H3,(H,32,44)(H,33,45)(H,38,39)(H,40,41);1H4/t17-,18-,20+,27-,30-,31+;/m0./s1. The number of rotatable bonds is 14. The Morgan fingerprint density at radius 1 is 0.980 bits per heavy atom. The van der Waals surface area contributed by atoms with Crippen LogP contribution in [-0.4, -0.2) is 123 Å². The molecule has 4 aliphatic rings. The van der Waals surface area contributed by atoms with Gasteiger partial charge in [-0.05, 0) is 44.1 Å². The fraction of sp³-hybridized carbons (Fsp3) is 0.562. The van der Waals surface area contributed by atoms with Crippen LogP contribution in [0.3, 0.4) is 0 Å². The number of nitrogens with zero attached hydrogens (tertiary/aromatic N) is 1. The van der Waals surface area contributed by atoms with E-state index in [9.17, 15) is 44.1 Å². The molecule has 0 aromatic heterocycles. The Morgan fingerprint density at radius 3 is 2.16 bits per heavy atom. The van der Waals surface area contributed by atoms with Crippen LogP contribution in [0.2, 0.25) is 0 Å². The molecule has 17 heteroatoms. The fourth-order valence-corrected chi connectivity index (χ4v) is 7.37. The third-order valence-corrected chi connectivity index (χ3v) is 9.44. The van der Waals surface area contributed by atoms with Crippen molar-refractivity contribution in [3.05, 3.63) is 35.1 Å². The number of carbonyl (C=O) groups excluding carboxylic acids is 4. The Hall–Kier alpha value is -4.74. The highest BCUT2D eigenvalue weighted by atomic mass is 16.6. The number of aromatic hydroxyl groups is 1. The zero-order chi connectivity index (χ0) is 35.0. The molecule has 1 saturated heterocycles. The summed E-state index contributed by atoms with van der Waals surface area (Å²) in [7, 11) is 1.90. The molecule has 268 valence electrons. The van der Waals surface area contributed by atoms with Crippen LogP contribution in [0.1, 0.15) is 57.1 Å². The number of piperidine rings is 1. The van der Waals surface area contributed by atoms with Gasteiger partial charge in [-0.2, -0.15) is 0 Å². The van der Waals surface area contributed by atoms with E-state index in [1.807, 2.05) is 7.05 Å². The van der Waals surface area contributed by atoms with Gasteiger partial charge in [0.15, 0.2) is 17.6 Å². The van der Waals surface area contributed by atoms with Gasteiger partial charge in [0.2, 0.25) is 11.8 Å². The van der Waals surface area contributed by atoms with Crippen LogP contribution in [0.25, 0.3) is 0 Å². The number of carbonyl (C=O) groups is 6. The lowest BCUT2D eigenvalue weighted by molar-refractivity contribution is -0.206. The van der Waals surface area contributed by atoms with Gasteiger partial charge >= 0.3 is 23.9 Å². The molecule has 2 bridgehead atoms. The van der Waals surface area contributed by atoms with Crippen molar-refractivity contribution >= 4 is 35.7 Å². The number of benzene rings is 1. The number of ether oxygens (including phenoxy) is 3. The van der Waals surface area contributed by atoms with Gasteiger partial charge in [0.25, 0.3) is 0 Å². The van der Waals surface area contributed by atoms with E-state index in [0.29, 0.717) is 24.9 Å². The zero-order valence-electron chi connectivity index (χ0n) is 26.0. The fourth-order valence-electron chi connectivity index (χ4n) is 7.37. The average Bonchev–Trinajstić information content (AvgIpc) is 3.37. The number of aliphatic hydroxyl groups excluding tert-OH is 2. The van der Waals surface area contributed by atoms with E-state index in [1.54, 1.807) is 12.1 Å². The molecule has 1 spiro atoms. The summed E-state index contributed by atoms with van der Waals surface area (Å²) in [5.41, 5.74) is -0.841. The third kappa shape index (κ3) is 6.78. The maximum Gasteiger partial charge on any atom is 0.312 e. The first kappa shape index (κ1) is 37.1. The van der Waals surface area contributed by atoms with Gasteiger partial charge in [0, 0.05) is 25.1 Å². The van der Waals surface area contributed by atoms with E-state index in [-0.39, 0.29) is 63.1 Å². The Labute approximate surface area is 280 Å². The quantitative estimate of drug-likeness (QED) is 0.116. The number of amides is 2. The number of hydrogen-bond donors (Lipinski definition) is 7. The molecule has 49 heavy (non-hydrogen) atoms. The number of likely N-dealkylation sites (N-methyl/N-ethyl adjacent to an activating group) is 1. The second-order valence-electron chi connectivity index (χ2n) is 12.3. The molecular weight excluding hydrogens is 650 g/mol. The lowest BCUT2D eigenvalue weighted by Crippen LogP contribution is -2.75. The van der Waals surface area contributed by atoms with Crippen LogP contribution >= 0.6 is 0 Å². The largest absolute Gasteiger partial charge is 0.504 e. The summed E-state index contributed by atoms with van der Waals surface area (Å²) in [6, 6.07) is 2.93. The second kappa shape index (κ2) is 14.4. The maximum absolute atomic E-state index is 13.4. The summed E-state index contributed by atoms with van der Waals surface area (Å²) in [5, 5.41) is 52.4. The highest BCUT2D eigenvalue weighted by Crippen LogP contribution is 2.66. The molecule has 1 aromatic rings. The van der Waals surface area contributed by atoms with Gasteiger partial charge in [-0.1, -0.05) is 13.5 Å². The number of nitrogens with one attached hydrogen (secondary N) is 2. The first-order valence-electron chi connectivity index (χ1n) is 15.4. The molecule has 2 aliphatic heterocycles. The summed E-state index contributed by atoms with van der Waals surface area (Å²) < 4.78 is 18.5. The molecule has 1 aromatic carbocycles. The SMILES string of the molecule is C.CN1CC[C@]23c4c5ccc(O)c4O[C@H]2C(OC(=O)CCNC(=O)[C@@H](O)CC(=O)O)=CC[C@@]3(OC(=O)CCNC(=O)[C@@H](O)CC(=O)O)[C@H]1C5. The van der Waals surface area contributed by atoms with Gasteiger partial charge in [-0.3, -0.25) is 33.7 Å². The number of aliphatic carboxylic acids is 2. The van der Waals surface area contributed by atoms with Crippen molar-refractivity contribution in [2.45, 2.75) is 87.7 Å². The van der Waals surface area contributed by atoms with Crippen LogP contribution < -0.4 is 15.4 Å². The summed E-state index contributed by atoms with van der Waals surface area (Å²) in [6.07, 6.45) is -4.29. The predicted octanol–water partition coefficient (Wildman–Crippen LogP) is -0.916. The first-order valence-corrected chi connectivity index (χ1v) is 15.4. The number of aliphatic hydroxyl groups is 2. The second-order valence-corrected chi connectivity index (χ2v) is 12.3. The highest BCUT2D eigenvalue weighted by molar-refractivity contribution is 5.86. The molecule has 17 nitrogen and oxygen atoms in total. The summed E-state index contributed by atoms with van der Waals surface area (Å²) in [5.74, 6) is -5.93. The monoisotopic (exact) mass is 691 g/mol. The number of carboxylic acids is 2. The molecule has 0 radical (unpaired) electrons. The molecule has 0 unspecified atom stereocenters. The smallest absolute Gasteiger partial charge is 0.312 e. The number of carboxylic acid groups (broad SMARTS) is 2. The zero-order valence-corrected chi connectivity index (χ0v) is 26.0. The van der Waals surface area contributed by atoms with Crippen molar-refractivity contribution in [3.8, 4) is 11.5 Å². The van der Waals surface area contributed by atoms with Crippen molar-refractivity contribution in [1.29, 1.82) is 0 Å². The van der Waals surface area contributed by atoms with E-state index in [4.69, 9.17) is 24.4 Å². The van der Waals surface area contributed by atoms with E-state index < -0.39 is 77.9 Å². The minimum Gasteiger partial charge on any atom is -0.504 e. The topological polar surface area (TPSA) is 259 Å². The predicted molar refractivity (Wildman–Crippen MR) is 165 cm³/mol. The summed E-state index contributed by atoms with van der Waals surface area (Å²) >= 11 is 0. The first-order chi connectivity index (χ1) is 22.7. The molecule has 2 heterocycles. The van der Waals surface area contributed by atoms with Gasteiger partial charge < -0.3 is 50.4 Å². The Morgan fingerprint density at radius 2 is 1.57 bits per heavy atom. The van der Waals surface area contributed by atoms with Crippen molar-refractivity contribution in [2.24, 2.45) is 0 Å². The summed E-state index contributed by atoms with van der Waals surface area (Å²) in [6.45, 7) is 0.0621. The van der Waals surface area contributed by atoms with Crippen molar-refractivity contribution in [2.75, 3.05) is 26.7 Å². The van der Waals surface area contributed by atoms with E-state index in [1.165, 1.54) is 6.07 Å². The average molecular weight is 692 g/mol. The highest BCUT2D eigenvalue weighted by Gasteiger charge is 2.74. The number of hydrogen-bond acceptors (Lipinski definition) is 13. The van der Waals surface area contributed by atoms with Crippen LogP contribution in [0.4, 0.5) is 0 Å². The van der Waals surface area contributed by atoms with Crippen LogP contribution in [0.15, 0.2) is 24.0 Å².